The van der Waals surface area contributed by atoms with Gasteiger partial charge in [-0.15, -0.1) is 0 Å². The first-order valence-corrected chi connectivity index (χ1v) is 7.47. The van der Waals surface area contributed by atoms with Crippen molar-refractivity contribution < 1.29 is 0 Å². The zero-order chi connectivity index (χ0) is 12.7. The van der Waals surface area contributed by atoms with Gasteiger partial charge in [0.15, 0.2) is 0 Å². The van der Waals surface area contributed by atoms with Gasteiger partial charge in [-0.25, -0.2) is 4.98 Å². The highest BCUT2D eigenvalue weighted by Gasteiger charge is 2.34. The number of nitrogens with zero attached hydrogens (tertiary/aromatic N) is 2. The van der Waals surface area contributed by atoms with Crippen LogP contribution in [-0.4, -0.2) is 15.6 Å². The summed E-state index contributed by atoms with van der Waals surface area (Å²) in [4.78, 5) is 4.63. The van der Waals surface area contributed by atoms with Crippen LogP contribution in [0.25, 0.3) is 0 Å². The normalized spacial score (nSPS) is 36.4. The van der Waals surface area contributed by atoms with E-state index in [0.717, 1.165) is 18.8 Å². The van der Waals surface area contributed by atoms with Gasteiger partial charge in [0.05, 0.1) is 18.1 Å². The Morgan fingerprint density at radius 3 is 2.78 bits per heavy atom. The first-order valence-electron chi connectivity index (χ1n) is 7.47. The lowest BCUT2D eigenvalue weighted by Gasteiger charge is -2.39. The van der Waals surface area contributed by atoms with Gasteiger partial charge in [0.1, 0.15) is 0 Å². The minimum absolute atomic E-state index is 0.295. The van der Waals surface area contributed by atoms with Gasteiger partial charge in [-0.3, -0.25) is 0 Å². The molecular formula is C15H25N3. The van der Waals surface area contributed by atoms with E-state index in [1.807, 2.05) is 0 Å². The molecule has 1 fully saturated rings. The molecule has 0 spiro atoms. The molecule has 2 N–H and O–H groups in total. The second-order valence-electron chi connectivity index (χ2n) is 6.46. The first kappa shape index (κ1) is 12.2. The van der Waals surface area contributed by atoms with Gasteiger partial charge in [0, 0.05) is 11.7 Å². The highest BCUT2D eigenvalue weighted by molar-refractivity contribution is 5.18. The Morgan fingerprint density at radius 2 is 2.00 bits per heavy atom. The van der Waals surface area contributed by atoms with Gasteiger partial charge < -0.3 is 10.3 Å². The van der Waals surface area contributed by atoms with Crippen LogP contribution in [0, 0.1) is 11.8 Å². The van der Waals surface area contributed by atoms with Crippen LogP contribution in [0.5, 0.6) is 0 Å². The summed E-state index contributed by atoms with van der Waals surface area (Å²) in [5.74, 6) is 1.44. The third-order valence-corrected chi connectivity index (χ3v) is 4.85. The lowest BCUT2D eigenvalue weighted by atomic mass is 9.76. The van der Waals surface area contributed by atoms with Crippen molar-refractivity contribution in [3.63, 3.8) is 0 Å². The Balaban J connectivity index is 1.91. The van der Waals surface area contributed by atoms with Crippen molar-refractivity contribution >= 4 is 0 Å². The smallest absolute Gasteiger partial charge is 0.0954 e. The van der Waals surface area contributed by atoms with E-state index in [-0.39, 0.29) is 0 Å². The van der Waals surface area contributed by atoms with Crippen molar-refractivity contribution in [2.24, 2.45) is 17.6 Å². The molecule has 1 aromatic heterocycles. The molecule has 1 aromatic rings. The molecule has 0 bridgehead atoms. The summed E-state index contributed by atoms with van der Waals surface area (Å²) < 4.78 is 2.43. The molecular weight excluding hydrogens is 222 g/mol. The summed E-state index contributed by atoms with van der Waals surface area (Å²) in [7, 11) is 0. The van der Waals surface area contributed by atoms with Gasteiger partial charge in [-0.1, -0.05) is 13.8 Å². The Labute approximate surface area is 110 Å². The summed E-state index contributed by atoms with van der Waals surface area (Å²) in [5.41, 5.74) is 9.24. The molecule has 2 aliphatic carbocycles. The number of hydrogen-bond donors (Lipinski definition) is 1. The van der Waals surface area contributed by atoms with Crippen LogP contribution < -0.4 is 5.73 Å². The monoisotopic (exact) mass is 247 g/mol. The fraction of sp³-hybridized carbons (Fsp3) is 0.800. The van der Waals surface area contributed by atoms with E-state index in [0.29, 0.717) is 18.0 Å². The minimum Gasteiger partial charge on any atom is -0.329 e. The average Bonchev–Trinajstić information content (AvgIpc) is 2.72. The van der Waals surface area contributed by atoms with Crippen molar-refractivity contribution in [1.29, 1.82) is 0 Å². The maximum atomic E-state index is 6.44. The topological polar surface area (TPSA) is 43.8 Å². The molecule has 4 atom stereocenters. The van der Waals surface area contributed by atoms with Gasteiger partial charge in [-0.2, -0.15) is 0 Å². The van der Waals surface area contributed by atoms with Crippen LogP contribution in [-0.2, 0) is 12.8 Å². The summed E-state index contributed by atoms with van der Waals surface area (Å²) in [6.45, 7) is 4.69. The maximum absolute atomic E-state index is 6.44. The number of aromatic nitrogens is 2. The summed E-state index contributed by atoms with van der Waals surface area (Å²) in [6, 6.07) is 0.763. The SMILES string of the molecule is CC1CC(C)C(n2cnc3c2CCCC3)C(N)C1. The molecule has 0 radical (unpaired) electrons. The number of hydrogen-bond acceptors (Lipinski definition) is 2. The molecule has 0 amide bonds. The molecule has 1 saturated carbocycles. The molecule has 18 heavy (non-hydrogen) atoms. The second kappa shape index (κ2) is 4.69. The van der Waals surface area contributed by atoms with E-state index in [1.54, 1.807) is 0 Å². The van der Waals surface area contributed by atoms with Crippen LogP contribution in [0.2, 0.25) is 0 Å². The third-order valence-electron chi connectivity index (χ3n) is 4.85. The Hall–Kier alpha value is -0.830. The molecule has 0 saturated heterocycles. The van der Waals surface area contributed by atoms with Gasteiger partial charge in [0.25, 0.3) is 0 Å². The highest BCUT2D eigenvalue weighted by atomic mass is 15.1. The number of imidazole rings is 1. The van der Waals surface area contributed by atoms with Gasteiger partial charge in [-0.05, 0) is 50.4 Å². The molecule has 3 rings (SSSR count). The number of aryl methyl sites for hydroxylation is 1. The largest absolute Gasteiger partial charge is 0.329 e. The predicted molar refractivity (Wildman–Crippen MR) is 73.4 cm³/mol. The summed E-state index contributed by atoms with van der Waals surface area (Å²) >= 11 is 0. The van der Waals surface area contributed by atoms with Crippen LogP contribution in [0.1, 0.15) is 57.0 Å². The molecule has 0 aliphatic heterocycles. The Morgan fingerprint density at radius 1 is 1.22 bits per heavy atom. The highest BCUT2D eigenvalue weighted by Crippen LogP contribution is 2.38. The number of rotatable bonds is 1. The Bertz CT molecular complexity index is 411. The predicted octanol–water partition coefficient (Wildman–Crippen LogP) is 2.70. The van der Waals surface area contributed by atoms with Crippen molar-refractivity contribution in [3.8, 4) is 0 Å². The van der Waals surface area contributed by atoms with Crippen molar-refractivity contribution in [1.82, 2.24) is 9.55 Å². The standard InChI is InChI=1S/C15H25N3/c1-10-7-11(2)15(12(16)8-10)18-9-17-13-5-3-4-6-14(13)18/h9-12,15H,3-8,16H2,1-2H3. The number of fused-ring (bicyclic) bond motifs is 1. The molecule has 0 aromatic carbocycles. The molecule has 1 heterocycles. The fourth-order valence-corrected chi connectivity index (χ4v) is 4.13. The van der Waals surface area contributed by atoms with E-state index in [2.05, 4.69) is 29.7 Å². The second-order valence-corrected chi connectivity index (χ2v) is 6.46. The third kappa shape index (κ3) is 1.99. The quantitative estimate of drug-likeness (QED) is 0.829. The van der Waals surface area contributed by atoms with E-state index >= 15 is 0 Å². The van der Waals surface area contributed by atoms with Crippen LogP contribution in [0.4, 0.5) is 0 Å². The zero-order valence-electron chi connectivity index (χ0n) is 11.6. The van der Waals surface area contributed by atoms with Gasteiger partial charge >= 0.3 is 0 Å². The van der Waals surface area contributed by atoms with Crippen molar-refractivity contribution in [3.05, 3.63) is 17.7 Å². The van der Waals surface area contributed by atoms with E-state index < -0.39 is 0 Å². The molecule has 4 unspecified atom stereocenters. The minimum atomic E-state index is 0.295. The van der Waals surface area contributed by atoms with E-state index in [9.17, 15) is 0 Å². The van der Waals surface area contributed by atoms with Crippen LogP contribution in [0.15, 0.2) is 6.33 Å². The number of nitrogens with two attached hydrogens (primary N) is 1. The summed E-state index contributed by atoms with van der Waals surface area (Å²) in [5, 5.41) is 0. The lowest BCUT2D eigenvalue weighted by Crippen LogP contribution is -2.42. The van der Waals surface area contributed by atoms with E-state index in [4.69, 9.17) is 5.73 Å². The summed E-state index contributed by atoms with van der Waals surface area (Å²) in [6.07, 6.45) is 9.48. The van der Waals surface area contributed by atoms with E-state index in [1.165, 1.54) is 37.1 Å². The molecule has 2 aliphatic rings. The van der Waals surface area contributed by atoms with Crippen LogP contribution >= 0.6 is 0 Å². The lowest BCUT2D eigenvalue weighted by molar-refractivity contribution is 0.175. The fourth-order valence-electron chi connectivity index (χ4n) is 4.13. The zero-order valence-corrected chi connectivity index (χ0v) is 11.6. The molecule has 3 nitrogen and oxygen atoms in total. The molecule has 100 valence electrons. The average molecular weight is 247 g/mol. The first-order chi connectivity index (χ1) is 8.66. The van der Waals surface area contributed by atoms with Crippen molar-refractivity contribution in [2.45, 2.75) is 64.5 Å². The molecule has 3 heteroatoms. The van der Waals surface area contributed by atoms with Crippen molar-refractivity contribution in [2.75, 3.05) is 0 Å². The Kier molecular flexibility index (Phi) is 3.18. The van der Waals surface area contributed by atoms with Gasteiger partial charge in [0.2, 0.25) is 0 Å². The maximum Gasteiger partial charge on any atom is 0.0954 e. The van der Waals surface area contributed by atoms with Crippen LogP contribution in [0.3, 0.4) is 0 Å².